The summed E-state index contributed by atoms with van der Waals surface area (Å²) in [6.07, 6.45) is -26.4. The summed E-state index contributed by atoms with van der Waals surface area (Å²) in [6.45, 7) is 4.79. The predicted molar refractivity (Wildman–Crippen MR) is 191 cm³/mol. The lowest BCUT2D eigenvalue weighted by molar-refractivity contribution is -0.278. The van der Waals surface area contributed by atoms with Crippen LogP contribution >= 0.6 is 0 Å². The number of carboxylic acid groups (broad SMARTS) is 1. The second kappa shape index (κ2) is 17.3. The van der Waals surface area contributed by atoms with Crippen molar-refractivity contribution in [2.24, 2.45) is 24.4 Å². The van der Waals surface area contributed by atoms with Crippen LogP contribution < -0.4 is 5.73 Å². The molecule has 2 unspecified atom stereocenters. The van der Waals surface area contributed by atoms with Gasteiger partial charge >= 0.3 is 36.9 Å². The van der Waals surface area contributed by atoms with Crippen molar-refractivity contribution in [3.05, 3.63) is 99.1 Å². The Hall–Kier alpha value is -6.31. The van der Waals surface area contributed by atoms with Crippen LogP contribution in [0.1, 0.15) is 70.4 Å². The average Bonchev–Trinajstić information content (AvgIpc) is 3.95. The van der Waals surface area contributed by atoms with Gasteiger partial charge in [0.15, 0.2) is 11.4 Å². The maximum Gasteiger partial charge on any atom is 0.490 e. The second-order valence-electron chi connectivity index (χ2n) is 14.2. The first-order valence-corrected chi connectivity index (χ1v) is 17.7. The highest BCUT2D eigenvalue weighted by atomic mass is 19.4. The van der Waals surface area contributed by atoms with E-state index in [1.165, 1.54) is 31.2 Å². The number of carboxylic acids is 1. The molecule has 350 valence electrons. The third-order valence-electron chi connectivity index (χ3n) is 9.50. The molecule has 0 radical (unpaired) electrons. The minimum atomic E-state index is -5.08. The molecular weight excluding hydrogens is 907 g/mol. The number of hydrogen-bond acceptors (Lipinski definition) is 9. The summed E-state index contributed by atoms with van der Waals surface area (Å²) >= 11 is 0. The number of oxime groups is 2. The van der Waals surface area contributed by atoms with Crippen molar-refractivity contribution in [2.45, 2.75) is 82.1 Å². The van der Waals surface area contributed by atoms with E-state index in [2.05, 4.69) is 20.5 Å². The zero-order valence-corrected chi connectivity index (χ0v) is 33.3. The molecule has 0 spiro atoms. The highest BCUT2D eigenvalue weighted by molar-refractivity contribution is 6.03. The number of nitrogens with zero attached hydrogens (tertiary/aromatic N) is 6. The van der Waals surface area contributed by atoms with Crippen LogP contribution in [-0.4, -0.2) is 66.4 Å². The number of nitrogens with two attached hydrogens (primary N) is 1. The van der Waals surface area contributed by atoms with Gasteiger partial charge in [-0.25, -0.2) is 4.79 Å². The van der Waals surface area contributed by atoms with Crippen LogP contribution in [0.4, 0.5) is 71.5 Å². The summed E-state index contributed by atoms with van der Waals surface area (Å²) in [5.74, 6) is -2.83. The van der Waals surface area contributed by atoms with E-state index in [-0.39, 0.29) is 23.6 Å². The molecule has 2 atom stereocenters. The van der Waals surface area contributed by atoms with Gasteiger partial charge in [0.1, 0.15) is 5.78 Å². The van der Waals surface area contributed by atoms with Crippen LogP contribution in [0.5, 0.6) is 0 Å². The van der Waals surface area contributed by atoms with E-state index in [1.807, 2.05) is 0 Å². The highest BCUT2D eigenvalue weighted by Crippen LogP contribution is 2.51. The van der Waals surface area contributed by atoms with Gasteiger partial charge in [0.05, 0.1) is 35.7 Å². The van der Waals surface area contributed by atoms with Crippen LogP contribution in [0.2, 0.25) is 0 Å². The van der Waals surface area contributed by atoms with E-state index in [4.69, 9.17) is 25.3 Å². The molecule has 3 N–H and O–H groups in total. The number of aromatic nitrogens is 4. The molecule has 0 amide bonds. The largest absolute Gasteiger partial charge is 0.490 e. The van der Waals surface area contributed by atoms with Gasteiger partial charge < -0.3 is 20.5 Å². The number of carbonyl (C=O) groups excluding carboxylic acids is 1. The number of rotatable bonds is 6. The molecule has 4 aromatic rings. The fourth-order valence-corrected chi connectivity index (χ4v) is 6.21. The topological polar surface area (TPSA) is 159 Å². The lowest BCUT2D eigenvalue weighted by Crippen LogP contribution is -2.44. The van der Waals surface area contributed by atoms with Crippen LogP contribution in [0, 0.1) is 13.8 Å². The van der Waals surface area contributed by atoms with Gasteiger partial charge in [-0.15, -0.1) is 0 Å². The van der Waals surface area contributed by atoms with Gasteiger partial charge in [0.25, 0.3) is 11.2 Å². The summed E-state index contributed by atoms with van der Waals surface area (Å²) in [7, 11) is 1.98. The first-order chi connectivity index (χ1) is 29.0. The first-order valence-electron chi connectivity index (χ1n) is 17.7. The number of aliphatic carboxylic acids is 1. The Bertz CT molecular complexity index is 2460. The zero-order chi connectivity index (χ0) is 48.8. The molecule has 4 heterocycles. The van der Waals surface area contributed by atoms with Crippen molar-refractivity contribution in [1.82, 2.24) is 19.6 Å². The fourth-order valence-electron chi connectivity index (χ4n) is 6.21. The molecule has 0 saturated carbocycles. The fraction of sp³-hybridized carbons (Fsp3) is 0.405. The lowest BCUT2D eigenvalue weighted by atomic mass is 9.89. The molecule has 6 rings (SSSR count). The quantitative estimate of drug-likeness (QED) is 0.143. The number of Topliss-reactive ketones (excluding diaryl/α,β-unsaturated/α-hetero) is 1. The molecule has 0 saturated heterocycles. The third kappa shape index (κ3) is 10.5. The number of ketones is 1. The SMILES string of the molecule is CC(=O)Cc1ccc(C2=NOC(c3cc(C(F)(F)F)nn3C)(C(F)(F)F)C2)cc1C.Cc1cc(C2=NOC(c3cc(C(F)(F)F)nn3C)(C(F)(F)F)C2)ccc1N.O=C(O)C(F)(F)F. The molecule has 2 aliphatic rings. The summed E-state index contributed by atoms with van der Waals surface area (Å²) in [4.78, 5) is 29.7. The van der Waals surface area contributed by atoms with Gasteiger partial charge in [0, 0.05) is 26.2 Å². The van der Waals surface area contributed by atoms with E-state index in [0.717, 1.165) is 14.1 Å². The summed E-state index contributed by atoms with van der Waals surface area (Å²) in [6, 6.07) is 9.85. The van der Waals surface area contributed by atoms with Crippen molar-refractivity contribution < 1.29 is 90.2 Å². The third-order valence-corrected chi connectivity index (χ3v) is 9.50. The van der Waals surface area contributed by atoms with Gasteiger partial charge in [-0.2, -0.15) is 76.1 Å². The van der Waals surface area contributed by atoms with Crippen molar-refractivity contribution in [2.75, 3.05) is 5.73 Å². The number of carbonyl (C=O) groups is 2. The van der Waals surface area contributed by atoms with E-state index in [1.54, 1.807) is 26.0 Å². The van der Waals surface area contributed by atoms with Gasteiger partial charge in [-0.1, -0.05) is 28.5 Å². The first kappa shape index (κ1) is 50.3. The molecule has 2 aromatic carbocycles. The van der Waals surface area contributed by atoms with Crippen LogP contribution in [0.15, 0.2) is 58.8 Å². The molecular formula is C37H32F15N7O5. The van der Waals surface area contributed by atoms with Crippen molar-refractivity contribution >= 4 is 28.9 Å². The second-order valence-corrected chi connectivity index (χ2v) is 14.2. The predicted octanol–water partition coefficient (Wildman–Crippen LogP) is 9.01. The molecule has 2 aromatic heterocycles. The Balaban J connectivity index is 0.000000245. The Morgan fingerprint density at radius 2 is 1.05 bits per heavy atom. The van der Waals surface area contributed by atoms with E-state index in [0.29, 0.717) is 55.0 Å². The number of hydrogen-bond donors (Lipinski definition) is 2. The Kier molecular flexibility index (Phi) is 13.6. The number of alkyl halides is 15. The lowest BCUT2D eigenvalue weighted by Gasteiger charge is -2.28. The summed E-state index contributed by atoms with van der Waals surface area (Å²) in [5.41, 5.74) is -1.94. The normalized spacial score (nSPS) is 19.1. The van der Waals surface area contributed by atoms with Crippen molar-refractivity contribution in [3.8, 4) is 0 Å². The van der Waals surface area contributed by atoms with Crippen molar-refractivity contribution in [3.63, 3.8) is 0 Å². The smallest absolute Gasteiger partial charge is 0.475 e. The van der Waals surface area contributed by atoms with Gasteiger partial charge in [-0.3, -0.25) is 14.2 Å². The molecule has 0 bridgehead atoms. The molecule has 27 heteroatoms. The molecule has 12 nitrogen and oxygen atoms in total. The Morgan fingerprint density at radius 1 is 0.672 bits per heavy atom. The standard InChI is InChI=1S/C19H17F6N3O2.C16H14F6N4O.C2HF3O2/c1-10-6-13(5-4-12(10)7-11(2)29)14-9-17(30-27-14,19(23,24)25)16-8-15(18(20,21)22)26-28(16)3;1-8-5-9(3-4-10(8)23)11-7-14(27-25-11,16(20,21)22)13-6-12(15(17,18)19)24-26(13)2;3-2(4,5)1(6)7/h4-6,8H,7,9H2,1-3H3;3-6H,7,23H2,1-2H3;(H,6,7). The number of aryl methyl sites for hydroxylation is 4. The van der Waals surface area contributed by atoms with Gasteiger partial charge in [-0.05, 0) is 78.9 Å². The molecule has 2 aliphatic heterocycles. The molecule has 64 heavy (non-hydrogen) atoms. The number of benzene rings is 2. The van der Waals surface area contributed by atoms with Crippen LogP contribution in [-0.2, 0) is 63.3 Å². The van der Waals surface area contributed by atoms with Gasteiger partial charge in [0.2, 0.25) is 0 Å². The van der Waals surface area contributed by atoms with Crippen LogP contribution in [0.3, 0.4) is 0 Å². The zero-order valence-electron chi connectivity index (χ0n) is 33.3. The Morgan fingerprint density at radius 3 is 1.34 bits per heavy atom. The summed E-state index contributed by atoms with van der Waals surface area (Å²) < 4.78 is 194. The summed E-state index contributed by atoms with van der Waals surface area (Å²) in [5, 5.41) is 20.5. The maximum absolute atomic E-state index is 14.0. The highest BCUT2D eigenvalue weighted by Gasteiger charge is 2.65. The number of anilines is 1. The maximum atomic E-state index is 14.0. The minimum absolute atomic E-state index is 0.0508. The van der Waals surface area contributed by atoms with E-state index < -0.39 is 83.7 Å². The molecule has 0 fully saturated rings. The van der Waals surface area contributed by atoms with Crippen molar-refractivity contribution in [1.29, 1.82) is 0 Å². The Labute approximate surface area is 350 Å². The van der Waals surface area contributed by atoms with E-state index in [9.17, 15) is 70.7 Å². The van der Waals surface area contributed by atoms with E-state index >= 15 is 0 Å². The minimum Gasteiger partial charge on any atom is -0.475 e. The average molecular weight is 940 g/mol. The molecule has 0 aliphatic carbocycles. The number of nitrogen functional groups attached to an aromatic ring is 1. The number of halogens is 15. The van der Waals surface area contributed by atoms with Crippen LogP contribution in [0.25, 0.3) is 0 Å². The monoisotopic (exact) mass is 939 g/mol.